The van der Waals surface area contributed by atoms with Crippen molar-refractivity contribution in [2.24, 2.45) is 5.73 Å². The van der Waals surface area contributed by atoms with Gasteiger partial charge in [-0.2, -0.15) is 0 Å². The first-order valence-corrected chi connectivity index (χ1v) is 8.58. The highest BCUT2D eigenvalue weighted by Gasteiger charge is 2.29. The van der Waals surface area contributed by atoms with Crippen LogP contribution in [0.3, 0.4) is 0 Å². The Morgan fingerprint density at radius 2 is 1.72 bits per heavy atom. The Labute approximate surface area is 155 Å². The summed E-state index contributed by atoms with van der Waals surface area (Å²) >= 11 is 12.4. The molecule has 25 heavy (non-hydrogen) atoms. The fraction of sp³-hybridized carbons (Fsp3) is 0.294. The Kier molecular flexibility index (Phi) is 5.20. The zero-order valence-corrected chi connectivity index (χ0v) is 14.8. The van der Waals surface area contributed by atoms with E-state index >= 15 is 0 Å². The monoisotopic (exact) mass is 378 g/mol. The summed E-state index contributed by atoms with van der Waals surface area (Å²) in [5.74, 6) is -0.873. The zero-order valence-electron chi connectivity index (χ0n) is 13.3. The topological polar surface area (TPSA) is 89.2 Å². The number of halogens is 2. The number of benzene rings is 1. The number of aromatic nitrogens is 2. The summed E-state index contributed by atoms with van der Waals surface area (Å²) in [6.45, 7) is 1.06. The number of primary amides is 1. The number of carbonyl (C=O) groups excluding carboxylic acids is 2. The van der Waals surface area contributed by atoms with Crippen LogP contribution in [0.15, 0.2) is 30.6 Å². The van der Waals surface area contributed by atoms with Gasteiger partial charge in [0.1, 0.15) is 0 Å². The second-order valence-electron chi connectivity index (χ2n) is 5.83. The average molecular weight is 379 g/mol. The van der Waals surface area contributed by atoms with Gasteiger partial charge in [-0.1, -0.05) is 35.3 Å². The molecule has 1 aliphatic rings. The molecule has 130 valence electrons. The first-order chi connectivity index (χ1) is 12.0. The van der Waals surface area contributed by atoms with E-state index in [9.17, 15) is 9.59 Å². The fourth-order valence-corrected chi connectivity index (χ4v) is 3.52. The van der Waals surface area contributed by atoms with E-state index in [1.54, 1.807) is 11.0 Å². The van der Waals surface area contributed by atoms with E-state index in [0.717, 1.165) is 18.4 Å². The van der Waals surface area contributed by atoms with Gasteiger partial charge in [-0.15, -0.1) is 0 Å². The van der Waals surface area contributed by atoms with Crippen LogP contribution in [0.1, 0.15) is 45.3 Å². The van der Waals surface area contributed by atoms with Crippen LogP contribution >= 0.6 is 23.2 Å². The quantitative estimate of drug-likeness (QED) is 0.888. The lowest BCUT2D eigenvalue weighted by Crippen LogP contribution is -2.39. The molecule has 0 saturated carbocycles. The number of hydrogen-bond donors (Lipinski definition) is 1. The van der Waals surface area contributed by atoms with Gasteiger partial charge in [0.25, 0.3) is 11.8 Å². The van der Waals surface area contributed by atoms with Crippen LogP contribution in [0.2, 0.25) is 10.0 Å². The van der Waals surface area contributed by atoms with Gasteiger partial charge in [-0.3, -0.25) is 9.59 Å². The van der Waals surface area contributed by atoms with Gasteiger partial charge in [-0.25, -0.2) is 9.97 Å². The molecule has 3 rings (SSSR count). The summed E-state index contributed by atoms with van der Waals surface area (Å²) in [6.07, 6.45) is 4.21. The zero-order chi connectivity index (χ0) is 18.0. The summed E-state index contributed by atoms with van der Waals surface area (Å²) in [6, 6.07) is 5.59. The maximum Gasteiger partial charge on any atom is 0.274 e. The Morgan fingerprint density at radius 3 is 2.36 bits per heavy atom. The van der Waals surface area contributed by atoms with Crippen molar-refractivity contribution >= 4 is 35.0 Å². The molecule has 0 aliphatic carbocycles. The smallest absolute Gasteiger partial charge is 0.274 e. The van der Waals surface area contributed by atoms with E-state index in [1.165, 1.54) is 12.4 Å². The normalized spacial score (nSPS) is 15.2. The summed E-state index contributed by atoms with van der Waals surface area (Å²) < 4.78 is 0. The average Bonchev–Trinajstić information content (AvgIpc) is 2.63. The molecule has 2 aromatic rings. The fourth-order valence-electron chi connectivity index (χ4n) is 3.05. The van der Waals surface area contributed by atoms with Crippen molar-refractivity contribution in [2.75, 3.05) is 13.1 Å². The summed E-state index contributed by atoms with van der Waals surface area (Å²) in [5.41, 5.74) is 6.16. The van der Waals surface area contributed by atoms with Crippen LogP contribution in [0.5, 0.6) is 0 Å². The minimum atomic E-state index is -0.767. The Hall–Kier alpha value is -2.18. The standard InChI is InChI=1S/C17H16Cl2N4O2/c18-12-3-1-2-11(13(12)19)10-4-8-23(9-5-10)17(25)15-14(16(20)24)21-6-7-22-15/h1-3,6-7,10H,4-5,8-9H2,(H2,20,24). The predicted octanol–water partition coefficient (Wildman–Crippen LogP) is 2.90. The van der Waals surface area contributed by atoms with E-state index in [0.29, 0.717) is 23.1 Å². The van der Waals surface area contributed by atoms with Crippen LogP contribution in [-0.4, -0.2) is 39.8 Å². The minimum absolute atomic E-state index is 0.00534. The van der Waals surface area contributed by atoms with Crippen LogP contribution in [0.4, 0.5) is 0 Å². The minimum Gasteiger partial charge on any atom is -0.364 e. The molecule has 1 aromatic heterocycles. The van der Waals surface area contributed by atoms with Crippen molar-refractivity contribution in [3.8, 4) is 0 Å². The van der Waals surface area contributed by atoms with Gasteiger partial charge in [0.05, 0.1) is 10.0 Å². The molecule has 0 radical (unpaired) electrons. The van der Waals surface area contributed by atoms with Gasteiger partial charge in [-0.05, 0) is 30.4 Å². The van der Waals surface area contributed by atoms with Gasteiger partial charge < -0.3 is 10.6 Å². The predicted molar refractivity (Wildman–Crippen MR) is 94.9 cm³/mol. The van der Waals surface area contributed by atoms with E-state index < -0.39 is 5.91 Å². The van der Waals surface area contributed by atoms with Crippen LogP contribution in [-0.2, 0) is 0 Å². The lowest BCUT2D eigenvalue weighted by Gasteiger charge is -2.32. The van der Waals surface area contributed by atoms with Crippen LogP contribution in [0, 0.1) is 0 Å². The third kappa shape index (κ3) is 3.60. The molecule has 2 N–H and O–H groups in total. The molecule has 1 saturated heterocycles. The Balaban J connectivity index is 1.73. The number of nitrogens with two attached hydrogens (primary N) is 1. The van der Waals surface area contributed by atoms with Gasteiger partial charge in [0.15, 0.2) is 11.4 Å². The van der Waals surface area contributed by atoms with Crippen molar-refractivity contribution in [1.82, 2.24) is 14.9 Å². The van der Waals surface area contributed by atoms with Crippen LogP contribution < -0.4 is 5.73 Å². The van der Waals surface area contributed by atoms with Crippen molar-refractivity contribution in [3.05, 3.63) is 57.6 Å². The molecular weight excluding hydrogens is 363 g/mol. The molecule has 0 unspecified atom stereocenters. The highest BCUT2D eigenvalue weighted by molar-refractivity contribution is 6.42. The SMILES string of the molecule is NC(=O)c1nccnc1C(=O)N1CCC(c2cccc(Cl)c2Cl)CC1. The second-order valence-corrected chi connectivity index (χ2v) is 6.61. The lowest BCUT2D eigenvalue weighted by atomic mass is 9.89. The third-order valence-corrected chi connectivity index (χ3v) is 5.17. The molecule has 1 aromatic carbocycles. The van der Waals surface area contributed by atoms with E-state index in [4.69, 9.17) is 28.9 Å². The summed E-state index contributed by atoms with van der Waals surface area (Å²) in [7, 11) is 0. The van der Waals surface area contributed by atoms with Crippen LogP contribution in [0.25, 0.3) is 0 Å². The van der Waals surface area contributed by atoms with Crippen molar-refractivity contribution < 1.29 is 9.59 Å². The number of rotatable bonds is 3. The van der Waals surface area contributed by atoms with Crippen molar-refractivity contribution in [2.45, 2.75) is 18.8 Å². The van der Waals surface area contributed by atoms with E-state index in [-0.39, 0.29) is 23.2 Å². The largest absolute Gasteiger partial charge is 0.364 e. The molecule has 8 heteroatoms. The highest BCUT2D eigenvalue weighted by Crippen LogP contribution is 2.36. The van der Waals surface area contributed by atoms with E-state index in [1.807, 2.05) is 12.1 Å². The van der Waals surface area contributed by atoms with Crippen molar-refractivity contribution in [1.29, 1.82) is 0 Å². The number of hydrogen-bond acceptors (Lipinski definition) is 4. The molecule has 0 bridgehead atoms. The Morgan fingerprint density at radius 1 is 1.08 bits per heavy atom. The molecule has 2 amide bonds. The molecule has 1 fully saturated rings. The van der Waals surface area contributed by atoms with E-state index in [2.05, 4.69) is 9.97 Å². The van der Waals surface area contributed by atoms with Gasteiger partial charge >= 0.3 is 0 Å². The Bertz CT molecular complexity index is 820. The van der Waals surface area contributed by atoms with Gasteiger partial charge in [0, 0.05) is 25.5 Å². The number of likely N-dealkylation sites (tertiary alicyclic amines) is 1. The number of amides is 2. The molecule has 0 atom stereocenters. The maximum atomic E-state index is 12.7. The third-order valence-electron chi connectivity index (χ3n) is 4.34. The molecule has 2 heterocycles. The number of piperidine rings is 1. The first kappa shape index (κ1) is 17.6. The second kappa shape index (κ2) is 7.37. The number of carbonyl (C=O) groups is 2. The molecule has 1 aliphatic heterocycles. The molecule has 0 spiro atoms. The molecule has 6 nitrogen and oxygen atoms in total. The summed E-state index contributed by atoms with van der Waals surface area (Å²) in [4.78, 5) is 33.6. The molecular formula is C17H16Cl2N4O2. The number of nitrogens with zero attached hydrogens (tertiary/aromatic N) is 3. The van der Waals surface area contributed by atoms with Gasteiger partial charge in [0.2, 0.25) is 0 Å². The van der Waals surface area contributed by atoms with Crippen molar-refractivity contribution in [3.63, 3.8) is 0 Å². The first-order valence-electron chi connectivity index (χ1n) is 7.83. The maximum absolute atomic E-state index is 12.7. The summed E-state index contributed by atoms with van der Waals surface area (Å²) in [5, 5.41) is 1.10. The lowest BCUT2D eigenvalue weighted by molar-refractivity contribution is 0.0701. The highest BCUT2D eigenvalue weighted by atomic mass is 35.5.